The second kappa shape index (κ2) is 7.24. The van der Waals surface area contributed by atoms with Crippen molar-refractivity contribution in [2.24, 2.45) is 0 Å². The molecule has 0 unspecified atom stereocenters. The minimum Gasteiger partial charge on any atom is -0.493 e. The Kier molecular flexibility index (Phi) is 5.79. The monoisotopic (exact) mass is 404 g/mol. The number of ether oxygens (including phenoxy) is 1. The van der Waals surface area contributed by atoms with Gasteiger partial charge in [0.15, 0.2) is 9.84 Å². The van der Waals surface area contributed by atoms with Crippen molar-refractivity contribution in [3.05, 3.63) is 33.9 Å². The molecule has 26 heavy (non-hydrogen) atoms. The van der Waals surface area contributed by atoms with E-state index in [0.29, 0.717) is 11.3 Å². The van der Waals surface area contributed by atoms with Crippen LogP contribution in [0.25, 0.3) is 0 Å². The fourth-order valence-electron chi connectivity index (χ4n) is 2.69. The van der Waals surface area contributed by atoms with Crippen LogP contribution in [0.15, 0.2) is 18.2 Å². The van der Waals surface area contributed by atoms with Gasteiger partial charge < -0.3 is 4.74 Å². The van der Waals surface area contributed by atoms with Crippen LogP contribution in [0.1, 0.15) is 39.7 Å². The first-order chi connectivity index (χ1) is 11.9. The Morgan fingerprint density at radius 3 is 2.58 bits per heavy atom. The van der Waals surface area contributed by atoms with E-state index < -0.39 is 36.0 Å². The van der Waals surface area contributed by atoms with Gasteiger partial charge in [0, 0.05) is 29.9 Å². The zero-order valence-electron chi connectivity index (χ0n) is 15.3. The van der Waals surface area contributed by atoms with Gasteiger partial charge in [-0.2, -0.15) is 0 Å². The topological polar surface area (TPSA) is 116 Å². The molecule has 1 N–H and O–H groups in total. The van der Waals surface area contributed by atoms with E-state index in [0.717, 1.165) is 0 Å². The van der Waals surface area contributed by atoms with E-state index in [1.54, 1.807) is 20.8 Å². The summed E-state index contributed by atoms with van der Waals surface area (Å²) in [5.74, 6) is -0.0222. The highest BCUT2D eigenvalue weighted by Crippen LogP contribution is 2.41. The smallest absolute Gasteiger partial charge is 0.270 e. The van der Waals surface area contributed by atoms with Gasteiger partial charge in [-0.25, -0.2) is 17.3 Å². The number of hydrogen-bond acceptors (Lipinski definition) is 6. The number of rotatable bonds is 6. The Hall–Kier alpha value is -1.52. The Balaban J connectivity index is 2.64. The molecular formula is C16H24N2O6S2. The van der Waals surface area contributed by atoms with E-state index in [4.69, 9.17) is 4.74 Å². The molecule has 1 aromatic carbocycles. The third-order valence-corrected chi connectivity index (χ3v) is 7.73. The van der Waals surface area contributed by atoms with Crippen LogP contribution in [0.4, 0.5) is 5.69 Å². The molecule has 0 spiro atoms. The molecule has 1 aromatic rings. The second-order valence-electron chi connectivity index (χ2n) is 7.28. The van der Waals surface area contributed by atoms with E-state index in [1.807, 2.05) is 0 Å². The minimum absolute atomic E-state index is 0.0797. The Bertz CT molecular complexity index is 832. The van der Waals surface area contributed by atoms with Crippen LogP contribution in [0.3, 0.4) is 0 Å². The van der Waals surface area contributed by atoms with Gasteiger partial charge in [-0.3, -0.25) is 10.1 Å². The SMILES string of the molecule is CCS(=O)(=O)C[C@@]1(N[S@](=O)C(C)(C)C)CCOc2ccc([N+](=O)[O-])cc21. The number of non-ortho nitro benzene ring substituents is 1. The van der Waals surface area contributed by atoms with Crippen molar-refractivity contribution >= 4 is 26.5 Å². The lowest BCUT2D eigenvalue weighted by Gasteiger charge is -2.40. The third-order valence-electron chi connectivity index (χ3n) is 4.23. The summed E-state index contributed by atoms with van der Waals surface area (Å²) in [6.07, 6.45) is 0.238. The van der Waals surface area contributed by atoms with Crippen LogP contribution in [-0.4, -0.2) is 40.4 Å². The van der Waals surface area contributed by atoms with Gasteiger partial charge in [0.2, 0.25) is 0 Å². The summed E-state index contributed by atoms with van der Waals surface area (Å²) in [5, 5.41) is 11.2. The quantitative estimate of drug-likeness (QED) is 0.573. The van der Waals surface area contributed by atoms with Gasteiger partial charge in [-0.05, 0) is 26.8 Å². The molecule has 1 heterocycles. The summed E-state index contributed by atoms with van der Waals surface area (Å²) in [5.41, 5.74) is -1.03. The number of hydrogen-bond donors (Lipinski definition) is 1. The van der Waals surface area contributed by atoms with E-state index in [1.165, 1.54) is 25.1 Å². The molecule has 10 heteroatoms. The van der Waals surface area contributed by atoms with Gasteiger partial charge in [-0.1, -0.05) is 6.92 Å². The van der Waals surface area contributed by atoms with E-state index >= 15 is 0 Å². The maximum Gasteiger partial charge on any atom is 0.270 e. The van der Waals surface area contributed by atoms with Crippen LogP contribution >= 0.6 is 0 Å². The van der Waals surface area contributed by atoms with E-state index in [9.17, 15) is 22.7 Å². The lowest BCUT2D eigenvalue weighted by atomic mass is 9.87. The molecule has 2 rings (SSSR count). The van der Waals surface area contributed by atoms with Crippen molar-refractivity contribution in [3.63, 3.8) is 0 Å². The molecular weight excluding hydrogens is 380 g/mol. The van der Waals surface area contributed by atoms with Crippen molar-refractivity contribution in [1.82, 2.24) is 4.72 Å². The van der Waals surface area contributed by atoms with E-state index in [-0.39, 0.29) is 30.2 Å². The van der Waals surface area contributed by atoms with Gasteiger partial charge in [0.05, 0.1) is 38.6 Å². The van der Waals surface area contributed by atoms with Crippen molar-refractivity contribution < 1.29 is 22.3 Å². The number of fused-ring (bicyclic) bond motifs is 1. The van der Waals surface area contributed by atoms with Gasteiger partial charge in [0.25, 0.3) is 5.69 Å². The van der Waals surface area contributed by atoms with Crippen LogP contribution < -0.4 is 9.46 Å². The van der Waals surface area contributed by atoms with Crippen molar-refractivity contribution in [3.8, 4) is 5.75 Å². The fourth-order valence-corrected chi connectivity index (χ4v) is 5.06. The zero-order valence-corrected chi connectivity index (χ0v) is 16.9. The normalized spacial score (nSPS) is 21.5. The average Bonchev–Trinajstić information content (AvgIpc) is 2.53. The number of benzene rings is 1. The average molecular weight is 405 g/mol. The van der Waals surface area contributed by atoms with Crippen molar-refractivity contribution in [2.75, 3.05) is 18.1 Å². The number of nitrogens with zero attached hydrogens (tertiary/aromatic N) is 1. The molecule has 0 saturated heterocycles. The van der Waals surface area contributed by atoms with Crippen LogP contribution in [0.5, 0.6) is 5.75 Å². The summed E-state index contributed by atoms with van der Waals surface area (Å²) in [6, 6.07) is 4.08. The Morgan fingerprint density at radius 2 is 2.04 bits per heavy atom. The molecule has 0 amide bonds. The predicted molar refractivity (Wildman–Crippen MR) is 100 cm³/mol. The maximum atomic E-state index is 12.8. The number of nitro benzene ring substituents is 1. The van der Waals surface area contributed by atoms with Crippen LogP contribution in [-0.2, 0) is 26.4 Å². The molecule has 0 aliphatic carbocycles. The van der Waals surface area contributed by atoms with Crippen LogP contribution in [0, 0.1) is 10.1 Å². The Labute approximate surface area is 156 Å². The molecule has 8 nitrogen and oxygen atoms in total. The first-order valence-corrected chi connectivity index (χ1v) is 11.2. The lowest BCUT2D eigenvalue weighted by molar-refractivity contribution is -0.385. The van der Waals surface area contributed by atoms with Crippen molar-refractivity contribution in [2.45, 2.75) is 44.4 Å². The second-order valence-corrected chi connectivity index (χ2v) is 11.6. The standard InChI is InChI=1S/C16H24N2O6S2/c1-5-26(22,23)11-16(17-25(21)15(2,3)4)8-9-24-14-7-6-12(18(19)20)10-13(14)16/h6-7,10,17H,5,8-9,11H2,1-4H3/t16-,25+/m0/s1. The third kappa shape index (κ3) is 4.41. The fraction of sp³-hybridized carbons (Fsp3) is 0.625. The molecule has 1 aliphatic heterocycles. The number of nitro groups is 1. The zero-order chi connectivity index (χ0) is 19.8. The highest BCUT2D eigenvalue weighted by atomic mass is 32.2. The summed E-state index contributed by atoms with van der Waals surface area (Å²) in [7, 11) is -5.04. The summed E-state index contributed by atoms with van der Waals surface area (Å²) in [6.45, 7) is 7.07. The number of nitrogens with one attached hydrogen (secondary N) is 1. The Morgan fingerprint density at radius 1 is 1.38 bits per heavy atom. The van der Waals surface area contributed by atoms with E-state index in [2.05, 4.69) is 4.72 Å². The first-order valence-electron chi connectivity index (χ1n) is 8.22. The summed E-state index contributed by atoms with van der Waals surface area (Å²) in [4.78, 5) is 10.6. The number of sulfone groups is 1. The molecule has 0 saturated carbocycles. The van der Waals surface area contributed by atoms with Gasteiger partial charge in [0.1, 0.15) is 5.75 Å². The molecule has 2 atom stereocenters. The summed E-state index contributed by atoms with van der Waals surface area (Å²) < 4.78 is 45.5. The first kappa shape index (κ1) is 20.8. The maximum absolute atomic E-state index is 12.8. The highest BCUT2D eigenvalue weighted by Gasteiger charge is 2.44. The van der Waals surface area contributed by atoms with Crippen LogP contribution in [0.2, 0.25) is 0 Å². The van der Waals surface area contributed by atoms with Gasteiger partial charge in [-0.15, -0.1) is 0 Å². The molecule has 0 radical (unpaired) electrons. The summed E-state index contributed by atoms with van der Waals surface area (Å²) >= 11 is 0. The molecule has 1 aliphatic rings. The van der Waals surface area contributed by atoms with Crippen molar-refractivity contribution in [1.29, 1.82) is 0 Å². The predicted octanol–water partition coefficient (Wildman–Crippen LogP) is 2.06. The molecule has 0 aromatic heterocycles. The minimum atomic E-state index is -3.47. The largest absolute Gasteiger partial charge is 0.493 e. The molecule has 146 valence electrons. The van der Waals surface area contributed by atoms with Gasteiger partial charge >= 0.3 is 0 Å². The highest BCUT2D eigenvalue weighted by molar-refractivity contribution is 7.91. The lowest BCUT2D eigenvalue weighted by Crippen LogP contribution is -2.54. The molecule has 0 fully saturated rings. The molecule has 0 bridgehead atoms.